The van der Waals surface area contributed by atoms with Gasteiger partial charge < -0.3 is 19.6 Å². The Morgan fingerprint density at radius 3 is 2.55 bits per heavy atom. The number of urea groups is 1. The van der Waals surface area contributed by atoms with Crippen molar-refractivity contribution < 1.29 is 33.3 Å². The maximum Gasteiger partial charge on any atom is 0.524 e. The van der Waals surface area contributed by atoms with Crippen LogP contribution in [-0.4, -0.2) is 89.5 Å². The van der Waals surface area contributed by atoms with Gasteiger partial charge in [-0.15, -0.1) is 6.58 Å². The molecule has 4 N–H and O–H groups in total. The minimum atomic E-state index is -4.76. The van der Waals surface area contributed by atoms with Gasteiger partial charge in [0.15, 0.2) is 0 Å². The SMILES string of the molecule is C=CCN1CC(=O)N2[C@@H](Cc3ccc(OP(=O)(O)O)cc3)C(=O)N(Cc3cccc4[nH]ncc34)C[C@@H]2N1C(=O)NCc1ccccc1. The number of fused-ring (bicyclic) bond motifs is 2. The number of rotatable bonds is 10. The van der Waals surface area contributed by atoms with Gasteiger partial charge in [-0.05, 0) is 34.9 Å². The lowest BCUT2D eigenvalue weighted by Crippen LogP contribution is -2.76. The van der Waals surface area contributed by atoms with Gasteiger partial charge >= 0.3 is 13.9 Å². The number of carbonyl (C=O) groups is 3. The fraction of sp³-hybridized carbons (Fsp3) is 0.250. The topological polar surface area (TPSA) is 172 Å². The second kappa shape index (κ2) is 13.4. The van der Waals surface area contributed by atoms with Crippen LogP contribution in [0.5, 0.6) is 5.75 Å². The van der Waals surface area contributed by atoms with Gasteiger partial charge in [0.1, 0.15) is 18.0 Å². The Bertz CT molecular complexity index is 1830. The molecule has 0 unspecified atom stereocenters. The normalized spacial score (nSPS) is 18.7. The number of hydrogen-bond donors (Lipinski definition) is 4. The average Bonchev–Trinajstić information content (AvgIpc) is 3.53. The number of phosphoric ester groups is 1. The molecule has 0 saturated carbocycles. The Kier molecular flexibility index (Phi) is 9.10. The molecule has 4 aromatic rings. The van der Waals surface area contributed by atoms with Crippen LogP contribution in [0.1, 0.15) is 16.7 Å². The Hall–Kier alpha value is -5.01. The largest absolute Gasteiger partial charge is 0.524 e. The summed E-state index contributed by atoms with van der Waals surface area (Å²) in [5.74, 6) is -0.659. The van der Waals surface area contributed by atoms with Crippen LogP contribution in [0.2, 0.25) is 0 Å². The number of H-pyrrole nitrogens is 1. The first-order chi connectivity index (χ1) is 22.6. The molecule has 2 saturated heterocycles. The lowest BCUT2D eigenvalue weighted by Gasteiger charge is -2.55. The van der Waals surface area contributed by atoms with Crippen molar-refractivity contribution in [1.82, 2.24) is 35.3 Å². The zero-order chi connectivity index (χ0) is 33.1. The predicted octanol–water partition coefficient (Wildman–Crippen LogP) is 2.77. The molecule has 3 aromatic carbocycles. The van der Waals surface area contributed by atoms with Crippen molar-refractivity contribution >= 4 is 36.6 Å². The van der Waals surface area contributed by atoms with Crippen molar-refractivity contribution in [3.63, 3.8) is 0 Å². The van der Waals surface area contributed by atoms with Crippen molar-refractivity contribution in [2.24, 2.45) is 0 Å². The fourth-order valence-electron chi connectivity index (χ4n) is 6.12. The molecule has 1 aromatic heterocycles. The Balaban J connectivity index is 1.35. The summed E-state index contributed by atoms with van der Waals surface area (Å²) < 4.78 is 16.0. The Labute approximate surface area is 270 Å². The van der Waals surface area contributed by atoms with Gasteiger partial charge in [0.25, 0.3) is 0 Å². The molecule has 0 aliphatic carbocycles. The molecule has 244 valence electrons. The van der Waals surface area contributed by atoms with E-state index in [0.717, 1.165) is 22.0 Å². The van der Waals surface area contributed by atoms with Crippen LogP contribution in [-0.2, 0) is 33.7 Å². The molecular weight excluding hydrogens is 625 g/mol. The molecule has 0 spiro atoms. The zero-order valence-corrected chi connectivity index (χ0v) is 26.2. The number of hydrazine groups is 1. The van der Waals surface area contributed by atoms with Gasteiger partial charge in [0.05, 0.1) is 24.8 Å². The lowest BCUT2D eigenvalue weighted by molar-refractivity contribution is -0.189. The van der Waals surface area contributed by atoms with Crippen LogP contribution in [0.25, 0.3) is 10.9 Å². The van der Waals surface area contributed by atoms with Crippen LogP contribution < -0.4 is 9.84 Å². The monoisotopic (exact) mass is 659 g/mol. The number of aromatic amines is 1. The summed E-state index contributed by atoms with van der Waals surface area (Å²) in [5, 5.41) is 14.1. The van der Waals surface area contributed by atoms with E-state index >= 15 is 0 Å². The summed E-state index contributed by atoms with van der Waals surface area (Å²) >= 11 is 0. The van der Waals surface area contributed by atoms with Crippen LogP contribution in [0.3, 0.4) is 0 Å². The van der Waals surface area contributed by atoms with E-state index < -0.39 is 26.1 Å². The van der Waals surface area contributed by atoms with Crippen LogP contribution in [0, 0.1) is 0 Å². The summed E-state index contributed by atoms with van der Waals surface area (Å²) in [6.45, 7) is 4.42. The first-order valence-corrected chi connectivity index (χ1v) is 16.5. The van der Waals surface area contributed by atoms with E-state index in [1.807, 2.05) is 48.5 Å². The number of piperazine rings is 1. The van der Waals surface area contributed by atoms with Gasteiger partial charge in [-0.2, -0.15) is 5.10 Å². The Morgan fingerprint density at radius 2 is 1.83 bits per heavy atom. The second-order valence-corrected chi connectivity index (χ2v) is 12.5. The molecule has 14 nitrogen and oxygen atoms in total. The van der Waals surface area contributed by atoms with E-state index in [2.05, 4.69) is 26.6 Å². The van der Waals surface area contributed by atoms with E-state index in [1.165, 1.54) is 22.0 Å². The number of nitrogens with zero attached hydrogens (tertiary/aromatic N) is 5. The molecule has 4 amide bonds. The Morgan fingerprint density at radius 1 is 1.06 bits per heavy atom. The third kappa shape index (κ3) is 7.05. The molecule has 2 fully saturated rings. The number of amides is 4. The van der Waals surface area contributed by atoms with Gasteiger partial charge in [0.2, 0.25) is 11.8 Å². The molecule has 0 bridgehead atoms. The van der Waals surface area contributed by atoms with Crippen molar-refractivity contribution in [1.29, 1.82) is 0 Å². The van der Waals surface area contributed by atoms with E-state index in [-0.39, 0.29) is 56.7 Å². The molecule has 2 aliphatic heterocycles. The molecule has 15 heteroatoms. The minimum absolute atomic E-state index is 0.0415. The first-order valence-electron chi connectivity index (χ1n) is 14.9. The number of phosphoric acid groups is 1. The summed E-state index contributed by atoms with van der Waals surface area (Å²) in [4.78, 5) is 63.5. The van der Waals surface area contributed by atoms with Crippen molar-refractivity contribution in [2.75, 3.05) is 19.6 Å². The van der Waals surface area contributed by atoms with Crippen molar-refractivity contribution in [3.8, 4) is 5.75 Å². The highest BCUT2D eigenvalue weighted by molar-refractivity contribution is 7.46. The summed E-state index contributed by atoms with van der Waals surface area (Å²) in [5.41, 5.74) is 3.19. The first kappa shape index (κ1) is 32.0. The average molecular weight is 660 g/mol. The highest BCUT2D eigenvalue weighted by Crippen LogP contribution is 2.38. The third-order valence-corrected chi connectivity index (χ3v) is 8.63. The molecule has 6 rings (SSSR count). The molecule has 2 atom stereocenters. The van der Waals surface area contributed by atoms with Gasteiger partial charge in [-0.25, -0.2) is 19.4 Å². The highest BCUT2D eigenvalue weighted by Gasteiger charge is 2.51. The number of aromatic nitrogens is 2. The quantitative estimate of drug-likeness (QED) is 0.148. The third-order valence-electron chi connectivity index (χ3n) is 8.18. The van der Waals surface area contributed by atoms with Crippen LogP contribution in [0.15, 0.2) is 91.6 Å². The molecule has 0 radical (unpaired) electrons. The fourth-order valence-corrected chi connectivity index (χ4v) is 6.51. The highest BCUT2D eigenvalue weighted by atomic mass is 31.2. The number of carbonyl (C=O) groups excluding carboxylic acids is 3. The minimum Gasteiger partial charge on any atom is -0.404 e. The predicted molar refractivity (Wildman–Crippen MR) is 171 cm³/mol. The zero-order valence-electron chi connectivity index (χ0n) is 25.3. The smallest absolute Gasteiger partial charge is 0.404 e. The molecule has 47 heavy (non-hydrogen) atoms. The van der Waals surface area contributed by atoms with Gasteiger partial charge in [-0.1, -0.05) is 60.7 Å². The van der Waals surface area contributed by atoms with E-state index in [9.17, 15) is 28.7 Å². The van der Waals surface area contributed by atoms with Crippen LogP contribution >= 0.6 is 7.82 Å². The number of hydrogen-bond acceptors (Lipinski definition) is 7. The maximum absolute atomic E-state index is 14.3. The summed E-state index contributed by atoms with van der Waals surface area (Å²) in [7, 11) is -4.76. The molecular formula is C32H34N7O7P. The molecule has 2 aliphatic rings. The van der Waals surface area contributed by atoms with E-state index in [4.69, 9.17) is 0 Å². The summed E-state index contributed by atoms with van der Waals surface area (Å²) in [6, 6.07) is 19.7. The van der Waals surface area contributed by atoms with Gasteiger partial charge in [-0.3, -0.25) is 24.5 Å². The van der Waals surface area contributed by atoms with Gasteiger partial charge in [0, 0.05) is 31.4 Å². The standard InChI is InChI=1S/C32H34N7O7P/c1-2-15-37-21-30(40)38-28(16-22-11-13-25(14-12-22)46-47(43,44)45)31(41)36(19-24-9-6-10-27-26(24)18-34-35-27)20-29(38)39(37)32(42)33-17-23-7-4-3-5-8-23/h2-14,18,28-29H,1,15-17,19-21H2,(H,33,42)(H,34,35)(H2,43,44,45)/t28-,29-/m0/s1. The summed E-state index contributed by atoms with van der Waals surface area (Å²) in [6.07, 6.45) is 2.56. The van der Waals surface area contributed by atoms with Crippen LogP contribution in [0.4, 0.5) is 4.79 Å². The molecule has 3 heterocycles. The van der Waals surface area contributed by atoms with E-state index in [1.54, 1.807) is 34.3 Å². The van der Waals surface area contributed by atoms with E-state index in [0.29, 0.717) is 5.56 Å². The van der Waals surface area contributed by atoms with Crippen molar-refractivity contribution in [3.05, 3.63) is 108 Å². The number of benzene rings is 3. The number of nitrogens with one attached hydrogen (secondary N) is 2. The second-order valence-electron chi connectivity index (χ2n) is 11.3. The van der Waals surface area contributed by atoms with Crippen molar-refractivity contribution in [2.45, 2.75) is 31.7 Å². The maximum atomic E-state index is 14.3. The lowest BCUT2D eigenvalue weighted by atomic mass is 9.98.